The average Bonchev–Trinajstić information content (AvgIpc) is 2.82. The SMILES string of the molecule is CCOc1ccc(CN2CCN(CC=Cc3ccccc3)CC2)cc1OC.O=C(O)C(=O)O. The lowest BCUT2D eigenvalue weighted by Gasteiger charge is -2.34. The van der Waals surface area contributed by atoms with Gasteiger partial charge in [-0.1, -0.05) is 48.6 Å². The van der Waals surface area contributed by atoms with Crippen molar-refractivity contribution in [1.29, 1.82) is 0 Å². The van der Waals surface area contributed by atoms with Crippen molar-refractivity contribution in [3.05, 3.63) is 65.7 Å². The second kappa shape index (κ2) is 13.9. The summed E-state index contributed by atoms with van der Waals surface area (Å²) in [6.07, 6.45) is 4.47. The summed E-state index contributed by atoms with van der Waals surface area (Å²) in [7, 11) is 1.70. The number of hydrogen-bond acceptors (Lipinski definition) is 6. The number of nitrogens with zero attached hydrogens (tertiary/aromatic N) is 2. The molecule has 1 fully saturated rings. The molecule has 1 aliphatic rings. The Morgan fingerprint density at radius 2 is 1.58 bits per heavy atom. The summed E-state index contributed by atoms with van der Waals surface area (Å²) in [5.74, 6) is -2.01. The number of methoxy groups -OCH3 is 1. The van der Waals surface area contributed by atoms with Crippen molar-refractivity contribution in [3.8, 4) is 11.5 Å². The maximum absolute atomic E-state index is 9.10. The van der Waals surface area contributed by atoms with Crippen LogP contribution in [0.5, 0.6) is 11.5 Å². The minimum atomic E-state index is -1.82. The second-order valence-electron chi connectivity index (χ2n) is 7.42. The third-order valence-corrected chi connectivity index (χ3v) is 5.06. The third kappa shape index (κ3) is 9.34. The average molecular weight is 457 g/mol. The molecule has 0 aromatic heterocycles. The van der Waals surface area contributed by atoms with Gasteiger partial charge in [-0.15, -0.1) is 0 Å². The number of aliphatic carboxylic acids is 2. The Kier molecular flexibility index (Phi) is 10.9. The second-order valence-corrected chi connectivity index (χ2v) is 7.42. The van der Waals surface area contributed by atoms with Gasteiger partial charge >= 0.3 is 11.9 Å². The van der Waals surface area contributed by atoms with E-state index in [1.165, 1.54) is 11.1 Å². The van der Waals surface area contributed by atoms with Crippen LogP contribution in [0.25, 0.3) is 6.08 Å². The first kappa shape index (κ1) is 25.9. The first-order valence-corrected chi connectivity index (χ1v) is 10.8. The Bertz CT molecular complexity index is 896. The molecule has 8 nitrogen and oxygen atoms in total. The van der Waals surface area contributed by atoms with E-state index in [4.69, 9.17) is 29.3 Å². The number of rotatable bonds is 8. The highest BCUT2D eigenvalue weighted by Crippen LogP contribution is 2.28. The van der Waals surface area contributed by atoms with Crippen LogP contribution >= 0.6 is 0 Å². The minimum absolute atomic E-state index is 0.649. The Morgan fingerprint density at radius 1 is 0.939 bits per heavy atom. The van der Waals surface area contributed by atoms with Gasteiger partial charge in [-0.2, -0.15) is 0 Å². The summed E-state index contributed by atoms with van der Waals surface area (Å²) in [6.45, 7) is 9.00. The van der Waals surface area contributed by atoms with Gasteiger partial charge in [0.25, 0.3) is 0 Å². The molecular weight excluding hydrogens is 424 g/mol. The predicted octanol–water partition coefficient (Wildman–Crippen LogP) is 3.08. The minimum Gasteiger partial charge on any atom is -0.493 e. The first-order valence-electron chi connectivity index (χ1n) is 10.8. The summed E-state index contributed by atoms with van der Waals surface area (Å²) in [5.41, 5.74) is 2.54. The van der Waals surface area contributed by atoms with E-state index in [1.54, 1.807) is 7.11 Å². The fourth-order valence-corrected chi connectivity index (χ4v) is 3.38. The van der Waals surface area contributed by atoms with Crippen LogP contribution in [-0.2, 0) is 16.1 Å². The molecule has 1 heterocycles. The maximum atomic E-state index is 9.10. The molecule has 1 saturated heterocycles. The highest BCUT2D eigenvalue weighted by molar-refractivity contribution is 6.27. The fraction of sp³-hybridized carbons (Fsp3) is 0.360. The third-order valence-electron chi connectivity index (χ3n) is 5.06. The van der Waals surface area contributed by atoms with Crippen LogP contribution in [0.3, 0.4) is 0 Å². The molecule has 1 aliphatic heterocycles. The molecule has 8 heteroatoms. The predicted molar refractivity (Wildman–Crippen MR) is 127 cm³/mol. The standard InChI is InChI=1S/C23H30N2O2.C2H2O4/c1-3-27-22-12-11-21(18-23(22)26-2)19-25-16-14-24(15-17-25)13-7-10-20-8-5-4-6-9-20;3-1(4)2(5)6/h4-12,18H,3,13-17,19H2,1-2H3;(H,3,4)(H,5,6). The summed E-state index contributed by atoms with van der Waals surface area (Å²) in [4.78, 5) is 23.2. The largest absolute Gasteiger partial charge is 0.493 e. The van der Waals surface area contributed by atoms with Crippen molar-refractivity contribution in [3.63, 3.8) is 0 Å². The van der Waals surface area contributed by atoms with Crippen molar-refractivity contribution in [1.82, 2.24) is 9.80 Å². The fourth-order valence-electron chi connectivity index (χ4n) is 3.38. The highest BCUT2D eigenvalue weighted by Gasteiger charge is 2.16. The van der Waals surface area contributed by atoms with Crippen LogP contribution in [0.4, 0.5) is 0 Å². The van der Waals surface area contributed by atoms with E-state index in [2.05, 4.69) is 64.4 Å². The molecule has 0 spiro atoms. The maximum Gasteiger partial charge on any atom is 0.414 e. The van der Waals surface area contributed by atoms with Crippen LogP contribution in [0.2, 0.25) is 0 Å². The van der Waals surface area contributed by atoms with E-state index in [0.29, 0.717) is 6.61 Å². The molecule has 0 bridgehead atoms. The Balaban J connectivity index is 0.000000569. The summed E-state index contributed by atoms with van der Waals surface area (Å²) >= 11 is 0. The van der Waals surface area contributed by atoms with E-state index >= 15 is 0 Å². The van der Waals surface area contributed by atoms with Gasteiger partial charge in [0, 0.05) is 39.3 Å². The van der Waals surface area contributed by atoms with Crippen molar-refractivity contribution in [2.75, 3.05) is 46.4 Å². The molecule has 2 aromatic carbocycles. The number of ether oxygens (including phenoxy) is 2. The van der Waals surface area contributed by atoms with Crippen LogP contribution in [0.15, 0.2) is 54.6 Å². The van der Waals surface area contributed by atoms with Gasteiger partial charge in [0.2, 0.25) is 0 Å². The van der Waals surface area contributed by atoms with Crippen LogP contribution in [-0.4, -0.2) is 78.4 Å². The first-order chi connectivity index (χ1) is 15.9. The zero-order valence-electron chi connectivity index (χ0n) is 19.1. The van der Waals surface area contributed by atoms with Crippen LogP contribution in [0.1, 0.15) is 18.1 Å². The lowest BCUT2D eigenvalue weighted by Crippen LogP contribution is -2.45. The molecule has 3 rings (SSSR count). The summed E-state index contributed by atoms with van der Waals surface area (Å²) in [6, 6.07) is 16.7. The van der Waals surface area contributed by atoms with E-state index in [0.717, 1.165) is 50.8 Å². The Hall–Kier alpha value is -3.36. The molecule has 33 heavy (non-hydrogen) atoms. The molecule has 0 radical (unpaired) electrons. The molecule has 2 aromatic rings. The van der Waals surface area contributed by atoms with Crippen molar-refractivity contribution in [2.45, 2.75) is 13.5 Å². The van der Waals surface area contributed by atoms with Crippen molar-refractivity contribution in [2.24, 2.45) is 0 Å². The lowest BCUT2D eigenvalue weighted by molar-refractivity contribution is -0.159. The van der Waals surface area contributed by atoms with Gasteiger partial charge in [0.1, 0.15) is 0 Å². The van der Waals surface area contributed by atoms with Gasteiger partial charge in [-0.25, -0.2) is 9.59 Å². The number of carbonyl (C=O) groups is 2. The van der Waals surface area contributed by atoms with E-state index in [9.17, 15) is 0 Å². The molecule has 2 N–H and O–H groups in total. The zero-order valence-corrected chi connectivity index (χ0v) is 19.1. The molecular formula is C25H32N2O6. The normalized spacial score (nSPS) is 14.4. The Morgan fingerprint density at radius 3 is 2.15 bits per heavy atom. The Labute approximate surface area is 194 Å². The van der Waals surface area contributed by atoms with Crippen LogP contribution in [0, 0.1) is 0 Å². The topological polar surface area (TPSA) is 99.5 Å². The smallest absolute Gasteiger partial charge is 0.414 e. The van der Waals surface area contributed by atoms with Crippen molar-refractivity contribution >= 4 is 18.0 Å². The zero-order chi connectivity index (χ0) is 24.1. The summed E-state index contributed by atoms with van der Waals surface area (Å²) in [5, 5.41) is 14.8. The van der Waals surface area contributed by atoms with E-state index in [1.807, 2.05) is 13.0 Å². The van der Waals surface area contributed by atoms with Gasteiger partial charge < -0.3 is 19.7 Å². The molecule has 0 saturated carbocycles. The number of carboxylic acids is 2. The lowest BCUT2D eigenvalue weighted by atomic mass is 10.1. The van der Waals surface area contributed by atoms with Crippen LogP contribution < -0.4 is 9.47 Å². The highest BCUT2D eigenvalue weighted by atomic mass is 16.5. The van der Waals surface area contributed by atoms with Gasteiger partial charge in [0.15, 0.2) is 11.5 Å². The number of benzene rings is 2. The van der Waals surface area contributed by atoms with E-state index in [-0.39, 0.29) is 0 Å². The number of carboxylic acid groups (broad SMARTS) is 2. The van der Waals surface area contributed by atoms with Crippen molar-refractivity contribution < 1.29 is 29.3 Å². The molecule has 0 atom stereocenters. The molecule has 0 amide bonds. The number of piperazine rings is 1. The van der Waals surface area contributed by atoms with E-state index < -0.39 is 11.9 Å². The van der Waals surface area contributed by atoms with Gasteiger partial charge in [0.05, 0.1) is 13.7 Å². The molecule has 178 valence electrons. The summed E-state index contributed by atoms with van der Waals surface area (Å²) < 4.78 is 11.1. The number of hydrogen-bond donors (Lipinski definition) is 2. The van der Waals surface area contributed by atoms with Gasteiger partial charge in [-0.3, -0.25) is 9.80 Å². The van der Waals surface area contributed by atoms with Gasteiger partial charge in [-0.05, 0) is 30.2 Å². The monoisotopic (exact) mass is 456 g/mol. The quantitative estimate of drug-likeness (QED) is 0.585. The molecule has 0 aliphatic carbocycles. The molecule has 0 unspecified atom stereocenters.